The SMILES string of the molecule is CC(N)C(Sc1ccc(Cl)cn1)c1cccc(F)c1. The van der Waals surface area contributed by atoms with Crippen molar-refractivity contribution in [3.8, 4) is 0 Å². The van der Waals surface area contributed by atoms with Crippen LogP contribution in [0.1, 0.15) is 17.7 Å². The highest BCUT2D eigenvalue weighted by Crippen LogP contribution is 2.36. The molecule has 2 N–H and O–H groups in total. The predicted molar refractivity (Wildman–Crippen MR) is 77.9 cm³/mol. The van der Waals surface area contributed by atoms with Crippen LogP contribution in [0.2, 0.25) is 5.02 Å². The summed E-state index contributed by atoms with van der Waals surface area (Å²) in [4.78, 5) is 4.23. The first kappa shape index (κ1) is 14.3. The predicted octanol–water partition coefficient (Wildman–Crippen LogP) is 4.05. The van der Waals surface area contributed by atoms with Gasteiger partial charge in [-0.3, -0.25) is 0 Å². The van der Waals surface area contributed by atoms with E-state index in [0.29, 0.717) is 5.02 Å². The molecule has 2 atom stereocenters. The molecule has 0 spiro atoms. The Kier molecular flexibility index (Phi) is 4.80. The molecule has 1 aromatic heterocycles. The molecule has 1 heterocycles. The van der Waals surface area contributed by atoms with Gasteiger partial charge in [-0.25, -0.2) is 9.37 Å². The summed E-state index contributed by atoms with van der Waals surface area (Å²) in [6.45, 7) is 1.90. The van der Waals surface area contributed by atoms with E-state index in [1.54, 1.807) is 18.3 Å². The molecule has 0 fully saturated rings. The Bertz CT molecular complexity index is 545. The van der Waals surface area contributed by atoms with Crippen molar-refractivity contribution in [2.75, 3.05) is 0 Å². The third kappa shape index (κ3) is 3.93. The van der Waals surface area contributed by atoms with Crippen LogP contribution in [0.5, 0.6) is 0 Å². The molecule has 19 heavy (non-hydrogen) atoms. The largest absolute Gasteiger partial charge is 0.327 e. The van der Waals surface area contributed by atoms with E-state index in [4.69, 9.17) is 17.3 Å². The summed E-state index contributed by atoms with van der Waals surface area (Å²) in [6, 6.07) is 9.99. The van der Waals surface area contributed by atoms with Crippen LogP contribution in [0.4, 0.5) is 4.39 Å². The van der Waals surface area contributed by atoms with E-state index in [2.05, 4.69) is 4.98 Å². The number of pyridine rings is 1. The number of aromatic nitrogens is 1. The van der Waals surface area contributed by atoms with Gasteiger partial charge in [0.15, 0.2) is 0 Å². The molecule has 0 aliphatic carbocycles. The zero-order valence-corrected chi connectivity index (χ0v) is 12.0. The molecule has 100 valence electrons. The summed E-state index contributed by atoms with van der Waals surface area (Å²) in [5.74, 6) is -0.257. The Balaban J connectivity index is 2.23. The average molecular weight is 297 g/mol. The highest BCUT2D eigenvalue weighted by molar-refractivity contribution is 7.99. The molecule has 0 bridgehead atoms. The molecular formula is C14H14ClFN2S. The van der Waals surface area contributed by atoms with Crippen molar-refractivity contribution in [3.63, 3.8) is 0 Å². The summed E-state index contributed by atoms with van der Waals surface area (Å²) in [6.07, 6.45) is 1.59. The van der Waals surface area contributed by atoms with Gasteiger partial charge in [-0.1, -0.05) is 35.5 Å². The Morgan fingerprint density at radius 2 is 2.11 bits per heavy atom. The fourth-order valence-electron chi connectivity index (χ4n) is 1.72. The maximum atomic E-state index is 13.3. The van der Waals surface area contributed by atoms with E-state index >= 15 is 0 Å². The number of benzene rings is 1. The maximum Gasteiger partial charge on any atom is 0.123 e. The number of nitrogens with zero attached hydrogens (tertiary/aromatic N) is 1. The molecule has 0 aliphatic rings. The normalized spacial score (nSPS) is 14.1. The summed E-state index contributed by atoms with van der Waals surface area (Å²) in [5, 5.41) is 1.35. The molecule has 2 aromatic rings. The molecule has 0 saturated carbocycles. The quantitative estimate of drug-likeness (QED) is 0.865. The van der Waals surface area contributed by atoms with Gasteiger partial charge in [-0.05, 0) is 36.8 Å². The van der Waals surface area contributed by atoms with E-state index in [9.17, 15) is 4.39 Å². The molecule has 2 unspecified atom stereocenters. The van der Waals surface area contributed by atoms with Crippen LogP contribution in [0.25, 0.3) is 0 Å². The molecule has 2 rings (SSSR count). The van der Waals surface area contributed by atoms with E-state index in [0.717, 1.165) is 10.6 Å². The van der Waals surface area contributed by atoms with E-state index in [-0.39, 0.29) is 17.1 Å². The number of hydrogen-bond donors (Lipinski definition) is 1. The number of halogens is 2. The van der Waals surface area contributed by atoms with Gasteiger partial charge in [0.25, 0.3) is 0 Å². The van der Waals surface area contributed by atoms with Crippen LogP contribution >= 0.6 is 23.4 Å². The van der Waals surface area contributed by atoms with Crippen molar-refractivity contribution in [2.45, 2.75) is 23.2 Å². The highest BCUT2D eigenvalue weighted by atomic mass is 35.5. The lowest BCUT2D eigenvalue weighted by atomic mass is 10.1. The summed E-state index contributed by atoms with van der Waals surface area (Å²) in [7, 11) is 0. The minimum absolute atomic E-state index is 0.0515. The van der Waals surface area contributed by atoms with Crippen molar-refractivity contribution in [1.82, 2.24) is 4.98 Å². The van der Waals surface area contributed by atoms with Crippen LogP contribution in [-0.2, 0) is 0 Å². The Morgan fingerprint density at radius 3 is 2.68 bits per heavy atom. The van der Waals surface area contributed by atoms with Gasteiger partial charge in [0.2, 0.25) is 0 Å². The second kappa shape index (κ2) is 6.37. The zero-order chi connectivity index (χ0) is 13.8. The lowest BCUT2D eigenvalue weighted by Gasteiger charge is -2.20. The smallest absolute Gasteiger partial charge is 0.123 e. The van der Waals surface area contributed by atoms with Gasteiger partial charge in [0.1, 0.15) is 5.82 Å². The third-order valence-corrected chi connectivity index (χ3v) is 4.26. The molecule has 1 aromatic carbocycles. The van der Waals surface area contributed by atoms with E-state index in [1.165, 1.54) is 23.9 Å². The van der Waals surface area contributed by atoms with Crippen molar-refractivity contribution in [2.24, 2.45) is 5.73 Å². The number of hydrogen-bond acceptors (Lipinski definition) is 3. The molecule has 0 saturated heterocycles. The summed E-state index contributed by atoms with van der Waals surface area (Å²) in [5.41, 5.74) is 6.86. The minimum atomic E-state index is -0.257. The molecule has 0 amide bonds. The fraction of sp³-hybridized carbons (Fsp3) is 0.214. The van der Waals surface area contributed by atoms with Crippen LogP contribution < -0.4 is 5.73 Å². The first-order chi connectivity index (χ1) is 9.06. The van der Waals surface area contributed by atoms with E-state index < -0.39 is 0 Å². The number of nitrogens with two attached hydrogens (primary N) is 1. The molecule has 0 aliphatic heterocycles. The zero-order valence-electron chi connectivity index (χ0n) is 10.4. The topological polar surface area (TPSA) is 38.9 Å². The Morgan fingerprint density at radius 1 is 1.32 bits per heavy atom. The monoisotopic (exact) mass is 296 g/mol. The van der Waals surface area contributed by atoms with Gasteiger partial charge in [-0.15, -0.1) is 0 Å². The summed E-state index contributed by atoms with van der Waals surface area (Å²) < 4.78 is 13.3. The van der Waals surface area contributed by atoms with Crippen LogP contribution in [-0.4, -0.2) is 11.0 Å². The average Bonchev–Trinajstić information content (AvgIpc) is 2.37. The Hall–Kier alpha value is -1.10. The standard InChI is InChI=1S/C14H14ClFN2S/c1-9(17)14(10-3-2-4-12(16)7-10)19-13-6-5-11(15)8-18-13/h2-9,14H,17H2,1H3. The van der Waals surface area contributed by atoms with Gasteiger partial charge in [0, 0.05) is 12.2 Å². The van der Waals surface area contributed by atoms with E-state index in [1.807, 2.05) is 19.1 Å². The molecule has 5 heteroatoms. The number of rotatable bonds is 4. The molecule has 2 nitrogen and oxygen atoms in total. The van der Waals surface area contributed by atoms with Crippen molar-refractivity contribution in [3.05, 3.63) is 59.0 Å². The minimum Gasteiger partial charge on any atom is -0.327 e. The van der Waals surface area contributed by atoms with Crippen molar-refractivity contribution in [1.29, 1.82) is 0 Å². The number of thioether (sulfide) groups is 1. The second-order valence-corrected chi connectivity index (χ2v) is 5.87. The molecule has 0 radical (unpaired) electrons. The van der Waals surface area contributed by atoms with Gasteiger partial charge < -0.3 is 5.73 Å². The van der Waals surface area contributed by atoms with Crippen LogP contribution in [0, 0.1) is 5.82 Å². The van der Waals surface area contributed by atoms with Crippen molar-refractivity contribution >= 4 is 23.4 Å². The Labute approximate surface area is 121 Å². The first-order valence-electron chi connectivity index (χ1n) is 5.85. The van der Waals surface area contributed by atoms with Crippen LogP contribution in [0.15, 0.2) is 47.6 Å². The maximum absolute atomic E-state index is 13.3. The third-order valence-electron chi connectivity index (χ3n) is 2.60. The fourth-order valence-corrected chi connectivity index (χ4v) is 2.85. The van der Waals surface area contributed by atoms with Crippen LogP contribution in [0.3, 0.4) is 0 Å². The first-order valence-corrected chi connectivity index (χ1v) is 7.11. The van der Waals surface area contributed by atoms with Gasteiger partial charge >= 0.3 is 0 Å². The van der Waals surface area contributed by atoms with Gasteiger partial charge in [-0.2, -0.15) is 0 Å². The van der Waals surface area contributed by atoms with Crippen molar-refractivity contribution < 1.29 is 4.39 Å². The molecular weight excluding hydrogens is 283 g/mol. The highest BCUT2D eigenvalue weighted by Gasteiger charge is 2.18. The second-order valence-electron chi connectivity index (χ2n) is 4.27. The van der Waals surface area contributed by atoms with Gasteiger partial charge in [0.05, 0.1) is 15.3 Å². The lowest BCUT2D eigenvalue weighted by Crippen LogP contribution is -2.22. The lowest BCUT2D eigenvalue weighted by molar-refractivity contribution is 0.621. The summed E-state index contributed by atoms with van der Waals surface area (Å²) >= 11 is 7.31.